The lowest BCUT2D eigenvalue weighted by Crippen LogP contribution is -2.12. The van der Waals surface area contributed by atoms with Crippen LogP contribution in [0.5, 0.6) is 0 Å². The predicted octanol–water partition coefficient (Wildman–Crippen LogP) is 1.87. The molecule has 1 N–H and O–H groups in total. The Bertz CT molecular complexity index is 233. The maximum atomic E-state index is 9.16. The zero-order valence-corrected chi connectivity index (χ0v) is 8.65. The van der Waals surface area contributed by atoms with E-state index in [4.69, 9.17) is 9.84 Å². The van der Waals surface area contributed by atoms with Crippen LogP contribution in [0.4, 0.5) is 0 Å². The second-order valence-corrected chi connectivity index (χ2v) is 3.52. The lowest BCUT2D eigenvalue weighted by Gasteiger charge is -2.13. The highest BCUT2D eigenvalue weighted by Crippen LogP contribution is 2.11. The average Bonchev–Trinajstić information content (AvgIpc) is 2.25. The van der Waals surface area contributed by atoms with Crippen molar-refractivity contribution in [2.24, 2.45) is 5.92 Å². The molecule has 0 radical (unpaired) electrons. The number of methoxy groups -OCH3 is 1. The molecule has 0 aliphatic carbocycles. The zero-order chi connectivity index (χ0) is 10.2. The van der Waals surface area contributed by atoms with Crippen molar-refractivity contribution in [1.82, 2.24) is 0 Å². The number of ether oxygens (including phenoxy) is 1. The van der Waals surface area contributed by atoms with Crippen LogP contribution >= 0.6 is 0 Å². The third-order valence-electron chi connectivity index (χ3n) is 2.36. The van der Waals surface area contributed by atoms with Crippen LogP contribution in [0.3, 0.4) is 0 Å². The minimum Gasteiger partial charge on any atom is -0.396 e. The molecule has 1 rings (SSSR count). The highest BCUT2D eigenvalue weighted by atomic mass is 16.5. The van der Waals surface area contributed by atoms with Crippen molar-refractivity contribution in [2.45, 2.75) is 12.8 Å². The third-order valence-corrected chi connectivity index (χ3v) is 2.36. The molecular weight excluding hydrogens is 176 g/mol. The number of aliphatic hydroxyl groups is 1. The molecule has 1 atom stereocenters. The number of benzene rings is 1. The summed E-state index contributed by atoms with van der Waals surface area (Å²) < 4.78 is 5.00. The second kappa shape index (κ2) is 6.57. The summed E-state index contributed by atoms with van der Waals surface area (Å²) >= 11 is 0. The van der Waals surface area contributed by atoms with Gasteiger partial charge < -0.3 is 9.84 Å². The maximum absolute atomic E-state index is 9.16. The largest absolute Gasteiger partial charge is 0.396 e. The monoisotopic (exact) mass is 194 g/mol. The SMILES string of the molecule is COCCC(CO)Cc1ccccc1. The molecule has 1 aromatic rings. The smallest absolute Gasteiger partial charge is 0.0465 e. The van der Waals surface area contributed by atoms with Crippen molar-refractivity contribution in [3.63, 3.8) is 0 Å². The minimum absolute atomic E-state index is 0.234. The Hall–Kier alpha value is -0.860. The molecule has 0 aliphatic heterocycles. The van der Waals surface area contributed by atoms with Gasteiger partial charge in [0.25, 0.3) is 0 Å². The molecule has 1 aromatic carbocycles. The van der Waals surface area contributed by atoms with Crippen LogP contribution < -0.4 is 0 Å². The van der Waals surface area contributed by atoms with Crippen molar-refractivity contribution in [3.8, 4) is 0 Å². The van der Waals surface area contributed by atoms with E-state index < -0.39 is 0 Å². The van der Waals surface area contributed by atoms with E-state index in [9.17, 15) is 0 Å². The van der Waals surface area contributed by atoms with Crippen LogP contribution in [0.25, 0.3) is 0 Å². The first-order valence-electron chi connectivity index (χ1n) is 5.00. The lowest BCUT2D eigenvalue weighted by molar-refractivity contribution is 0.147. The molecule has 0 amide bonds. The van der Waals surface area contributed by atoms with Crippen LogP contribution in [-0.4, -0.2) is 25.4 Å². The topological polar surface area (TPSA) is 29.5 Å². The summed E-state index contributed by atoms with van der Waals surface area (Å²) in [4.78, 5) is 0. The van der Waals surface area contributed by atoms with Crippen molar-refractivity contribution in [3.05, 3.63) is 35.9 Å². The molecule has 0 aliphatic rings. The second-order valence-electron chi connectivity index (χ2n) is 3.52. The van der Waals surface area contributed by atoms with Gasteiger partial charge in [0.15, 0.2) is 0 Å². The van der Waals surface area contributed by atoms with Crippen molar-refractivity contribution >= 4 is 0 Å². The van der Waals surface area contributed by atoms with Crippen molar-refractivity contribution < 1.29 is 9.84 Å². The molecular formula is C12H18O2. The van der Waals surface area contributed by atoms with Gasteiger partial charge in [-0.3, -0.25) is 0 Å². The minimum atomic E-state index is 0.234. The Kier molecular flexibility index (Phi) is 5.27. The van der Waals surface area contributed by atoms with Gasteiger partial charge >= 0.3 is 0 Å². The van der Waals surface area contributed by atoms with Gasteiger partial charge in [0.05, 0.1) is 0 Å². The quantitative estimate of drug-likeness (QED) is 0.749. The molecule has 0 fully saturated rings. The van der Waals surface area contributed by atoms with Gasteiger partial charge in [-0.25, -0.2) is 0 Å². The highest BCUT2D eigenvalue weighted by molar-refractivity contribution is 5.15. The standard InChI is InChI=1S/C12H18O2/c1-14-8-7-12(10-13)9-11-5-3-2-4-6-11/h2-6,12-13H,7-10H2,1H3. The number of rotatable bonds is 6. The molecule has 0 aromatic heterocycles. The molecule has 0 spiro atoms. The van der Waals surface area contributed by atoms with Crippen molar-refractivity contribution in [1.29, 1.82) is 0 Å². The normalized spacial score (nSPS) is 12.7. The van der Waals surface area contributed by atoms with Crippen molar-refractivity contribution in [2.75, 3.05) is 20.3 Å². The zero-order valence-electron chi connectivity index (χ0n) is 8.65. The molecule has 0 bridgehead atoms. The van der Waals surface area contributed by atoms with Gasteiger partial charge in [0, 0.05) is 20.3 Å². The average molecular weight is 194 g/mol. The number of hydrogen-bond acceptors (Lipinski definition) is 2. The third kappa shape index (κ3) is 3.90. The van der Waals surface area contributed by atoms with E-state index in [2.05, 4.69) is 12.1 Å². The molecule has 78 valence electrons. The van der Waals surface area contributed by atoms with Gasteiger partial charge in [-0.05, 0) is 24.3 Å². The fourth-order valence-corrected chi connectivity index (χ4v) is 1.49. The van der Waals surface area contributed by atoms with E-state index >= 15 is 0 Å². The summed E-state index contributed by atoms with van der Waals surface area (Å²) in [7, 11) is 1.69. The van der Waals surface area contributed by atoms with E-state index in [0.717, 1.165) is 19.4 Å². The first-order valence-corrected chi connectivity index (χ1v) is 5.00. The van der Waals surface area contributed by atoms with Gasteiger partial charge in [0.1, 0.15) is 0 Å². The molecule has 2 heteroatoms. The molecule has 0 heterocycles. The summed E-state index contributed by atoms with van der Waals surface area (Å²) in [5.41, 5.74) is 1.28. The molecule has 2 nitrogen and oxygen atoms in total. The maximum Gasteiger partial charge on any atom is 0.0465 e. The summed E-state index contributed by atoms with van der Waals surface area (Å²) in [5.74, 6) is 0.317. The molecule has 0 saturated heterocycles. The summed E-state index contributed by atoms with van der Waals surface area (Å²) in [6.07, 6.45) is 1.85. The van der Waals surface area contributed by atoms with Crippen LogP contribution in [0.1, 0.15) is 12.0 Å². The van der Waals surface area contributed by atoms with Crippen LogP contribution in [0, 0.1) is 5.92 Å². The van der Waals surface area contributed by atoms with E-state index in [1.54, 1.807) is 7.11 Å². The highest BCUT2D eigenvalue weighted by Gasteiger charge is 2.07. The van der Waals surface area contributed by atoms with Crippen LogP contribution in [0.2, 0.25) is 0 Å². The van der Waals surface area contributed by atoms with E-state index in [-0.39, 0.29) is 6.61 Å². The fourth-order valence-electron chi connectivity index (χ4n) is 1.49. The molecule has 0 saturated carbocycles. The Labute approximate surface area is 85.5 Å². The Balaban J connectivity index is 2.40. The van der Waals surface area contributed by atoms with E-state index in [1.807, 2.05) is 18.2 Å². The van der Waals surface area contributed by atoms with Crippen LogP contribution in [0.15, 0.2) is 30.3 Å². The van der Waals surface area contributed by atoms with Gasteiger partial charge in [-0.2, -0.15) is 0 Å². The van der Waals surface area contributed by atoms with E-state index in [1.165, 1.54) is 5.56 Å². The Morgan fingerprint density at radius 2 is 2.00 bits per heavy atom. The summed E-state index contributed by atoms with van der Waals surface area (Å²) in [5, 5.41) is 9.16. The van der Waals surface area contributed by atoms with Gasteiger partial charge in [-0.15, -0.1) is 0 Å². The predicted molar refractivity (Wildman–Crippen MR) is 57.2 cm³/mol. The fraction of sp³-hybridized carbons (Fsp3) is 0.500. The van der Waals surface area contributed by atoms with Gasteiger partial charge in [-0.1, -0.05) is 30.3 Å². The first-order chi connectivity index (χ1) is 6.86. The lowest BCUT2D eigenvalue weighted by atomic mass is 9.97. The summed E-state index contributed by atoms with van der Waals surface area (Å²) in [6.45, 7) is 0.955. The molecule has 14 heavy (non-hydrogen) atoms. The van der Waals surface area contributed by atoms with Gasteiger partial charge in [0.2, 0.25) is 0 Å². The van der Waals surface area contributed by atoms with Crippen LogP contribution in [-0.2, 0) is 11.2 Å². The number of hydrogen-bond donors (Lipinski definition) is 1. The first kappa shape index (κ1) is 11.2. The Morgan fingerprint density at radius 3 is 2.57 bits per heavy atom. The van der Waals surface area contributed by atoms with E-state index in [0.29, 0.717) is 5.92 Å². The number of aliphatic hydroxyl groups excluding tert-OH is 1. The summed E-state index contributed by atoms with van der Waals surface area (Å²) in [6, 6.07) is 10.2. The Morgan fingerprint density at radius 1 is 1.29 bits per heavy atom. The molecule has 1 unspecified atom stereocenters.